The van der Waals surface area contributed by atoms with Crippen molar-refractivity contribution in [2.24, 2.45) is 0 Å². The van der Waals surface area contributed by atoms with Crippen LogP contribution in [0.1, 0.15) is 27.7 Å². The minimum absolute atomic E-state index is 0.359. The molecule has 2 aromatic heterocycles. The molecule has 5 heteroatoms. The van der Waals surface area contributed by atoms with E-state index in [1.807, 2.05) is 23.5 Å². The predicted molar refractivity (Wildman–Crippen MR) is 148 cm³/mol. The molecule has 3 heterocycles. The quantitative estimate of drug-likeness (QED) is 0.238. The van der Waals surface area contributed by atoms with Crippen molar-refractivity contribution < 1.29 is 13.7 Å². The Morgan fingerprint density at radius 3 is 2.14 bits per heavy atom. The third-order valence-electron chi connectivity index (χ3n) is 7.74. The number of rotatable bonds is 2. The number of thiophene rings is 1. The predicted octanol–water partition coefficient (Wildman–Crippen LogP) is 7.92. The molecule has 172 valence electrons. The van der Waals surface area contributed by atoms with Crippen molar-refractivity contribution in [1.29, 1.82) is 0 Å². The smallest absolute Gasteiger partial charge is 0.455 e. The van der Waals surface area contributed by atoms with E-state index in [1.165, 1.54) is 25.7 Å². The van der Waals surface area contributed by atoms with E-state index >= 15 is 0 Å². The van der Waals surface area contributed by atoms with Gasteiger partial charge in [-0.2, -0.15) is 0 Å². The number of benzene rings is 4. The van der Waals surface area contributed by atoms with Gasteiger partial charge in [0.2, 0.25) is 0 Å². The molecule has 0 amide bonds. The Labute approximate surface area is 208 Å². The van der Waals surface area contributed by atoms with Crippen LogP contribution < -0.4 is 5.46 Å². The number of furan rings is 1. The number of para-hydroxylation sites is 2. The van der Waals surface area contributed by atoms with Gasteiger partial charge in [-0.25, -0.2) is 0 Å². The standard InChI is InChI=1S/C30H25BO3S/c1-29(2)30(3,4)34-31(33-29)18-15-16-26-24(17-18)23-13-8-12-22(28(23)35-26)21-11-7-10-20-19-9-5-6-14-25(19)32-27(20)21/h5-17H,1-4H3. The van der Waals surface area contributed by atoms with Crippen LogP contribution in [0.2, 0.25) is 0 Å². The van der Waals surface area contributed by atoms with Crippen molar-refractivity contribution >= 4 is 66.0 Å². The van der Waals surface area contributed by atoms with Gasteiger partial charge >= 0.3 is 7.12 Å². The fraction of sp³-hybridized carbons (Fsp3) is 0.200. The minimum Gasteiger partial charge on any atom is -0.455 e. The van der Waals surface area contributed by atoms with Gasteiger partial charge in [0.05, 0.1) is 11.2 Å². The normalized spacial score (nSPS) is 17.3. The topological polar surface area (TPSA) is 31.6 Å². The van der Waals surface area contributed by atoms with Crippen LogP contribution in [0.5, 0.6) is 0 Å². The molecule has 0 aliphatic carbocycles. The first-order valence-electron chi connectivity index (χ1n) is 12.0. The highest BCUT2D eigenvalue weighted by Gasteiger charge is 2.51. The van der Waals surface area contributed by atoms with Gasteiger partial charge in [-0.1, -0.05) is 66.7 Å². The van der Waals surface area contributed by atoms with Crippen LogP contribution in [-0.4, -0.2) is 18.3 Å². The molecular formula is C30H25BO3S. The van der Waals surface area contributed by atoms with E-state index in [1.54, 1.807) is 0 Å². The van der Waals surface area contributed by atoms with E-state index in [2.05, 4.69) is 94.4 Å². The molecule has 1 saturated heterocycles. The number of hydrogen-bond acceptors (Lipinski definition) is 4. The van der Waals surface area contributed by atoms with Crippen molar-refractivity contribution in [3.63, 3.8) is 0 Å². The van der Waals surface area contributed by atoms with Gasteiger partial charge in [0, 0.05) is 36.7 Å². The molecule has 0 bridgehead atoms. The first kappa shape index (κ1) is 21.2. The van der Waals surface area contributed by atoms with Crippen LogP contribution in [0.25, 0.3) is 53.2 Å². The van der Waals surface area contributed by atoms with Crippen LogP contribution >= 0.6 is 11.3 Å². The highest BCUT2D eigenvalue weighted by molar-refractivity contribution is 7.26. The molecule has 0 unspecified atom stereocenters. The van der Waals surface area contributed by atoms with Gasteiger partial charge in [0.25, 0.3) is 0 Å². The number of fused-ring (bicyclic) bond motifs is 6. The molecule has 3 nitrogen and oxygen atoms in total. The highest BCUT2D eigenvalue weighted by atomic mass is 32.1. The second-order valence-corrected chi connectivity index (χ2v) is 11.5. The van der Waals surface area contributed by atoms with Crippen LogP contribution in [0.3, 0.4) is 0 Å². The van der Waals surface area contributed by atoms with Crippen molar-refractivity contribution in [3.05, 3.63) is 78.9 Å². The van der Waals surface area contributed by atoms with Gasteiger partial charge in [0.1, 0.15) is 11.2 Å². The van der Waals surface area contributed by atoms with E-state index in [9.17, 15) is 0 Å². The van der Waals surface area contributed by atoms with Crippen LogP contribution in [-0.2, 0) is 9.31 Å². The molecule has 0 spiro atoms. The molecule has 0 atom stereocenters. The summed E-state index contributed by atoms with van der Waals surface area (Å²) in [5.74, 6) is 0. The summed E-state index contributed by atoms with van der Waals surface area (Å²) in [4.78, 5) is 0. The maximum Gasteiger partial charge on any atom is 0.494 e. The summed E-state index contributed by atoms with van der Waals surface area (Å²) in [5, 5.41) is 4.78. The molecule has 4 aromatic carbocycles. The zero-order valence-electron chi connectivity index (χ0n) is 20.2. The number of hydrogen-bond donors (Lipinski definition) is 0. The summed E-state index contributed by atoms with van der Waals surface area (Å²) < 4.78 is 21.5. The lowest BCUT2D eigenvalue weighted by Crippen LogP contribution is -2.41. The minimum atomic E-state index is -0.369. The van der Waals surface area contributed by atoms with Crippen LogP contribution in [0.15, 0.2) is 83.3 Å². The maximum atomic E-state index is 6.36. The molecular weight excluding hydrogens is 451 g/mol. The largest absolute Gasteiger partial charge is 0.494 e. The SMILES string of the molecule is CC1(C)OB(c2ccc3sc4c(-c5cccc6c5oc5ccccc56)cccc4c3c2)OC1(C)C. The zero-order chi connectivity index (χ0) is 23.9. The Morgan fingerprint density at radius 2 is 1.34 bits per heavy atom. The highest BCUT2D eigenvalue weighted by Crippen LogP contribution is 2.43. The maximum absolute atomic E-state index is 6.36. The molecule has 35 heavy (non-hydrogen) atoms. The van der Waals surface area contributed by atoms with E-state index < -0.39 is 0 Å². The Kier molecular flexibility index (Phi) is 4.36. The summed E-state index contributed by atoms with van der Waals surface area (Å²) in [7, 11) is -0.369. The Hall–Kier alpha value is -3.12. The molecule has 1 fully saturated rings. The second-order valence-electron chi connectivity index (χ2n) is 10.4. The van der Waals surface area contributed by atoms with Crippen molar-refractivity contribution in [2.75, 3.05) is 0 Å². The van der Waals surface area contributed by atoms with E-state index in [4.69, 9.17) is 13.7 Å². The Bertz CT molecular complexity index is 1760. The monoisotopic (exact) mass is 476 g/mol. The van der Waals surface area contributed by atoms with Gasteiger partial charge < -0.3 is 13.7 Å². The Balaban J connectivity index is 1.41. The fourth-order valence-corrected chi connectivity index (χ4v) is 6.32. The van der Waals surface area contributed by atoms with E-state index in [0.717, 1.165) is 33.0 Å². The van der Waals surface area contributed by atoms with Crippen LogP contribution in [0, 0.1) is 0 Å². The van der Waals surface area contributed by atoms with Crippen LogP contribution in [0.4, 0.5) is 0 Å². The lowest BCUT2D eigenvalue weighted by Gasteiger charge is -2.32. The summed E-state index contributed by atoms with van der Waals surface area (Å²) in [6.07, 6.45) is 0. The summed E-state index contributed by atoms with van der Waals surface area (Å²) in [6.45, 7) is 8.37. The third-order valence-corrected chi connectivity index (χ3v) is 8.96. The van der Waals surface area contributed by atoms with E-state index in [-0.39, 0.29) is 18.3 Å². The summed E-state index contributed by atoms with van der Waals surface area (Å²) in [5.41, 5.74) is 4.53. The second kappa shape index (κ2) is 7.20. The van der Waals surface area contributed by atoms with Gasteiger partial charge in [-0.15, -0.1) is 11.3 Å². The lowest BCUT2D eigenvalue weighted by atomic mass is 9.78. The fourth-order valence-electron chi connectivity index (χ4n) is 5.11. The van der Waals surface area contributed by atoms with E-state index in [0.29, 0.717) is 0 Å². The van der Waals surface area contributed by atoms with Crippen molar-refractivity contribution in [1.82, 2.24) is 0 Å². The molecule has 1 aliphatic rings. The first-order chi connectivity index (χ1) is 16.8. The average Bonchev–Trinajstić information content (AvgIpc) is 3.47. The zero-order valence-corrected chi connectivity index (χ0v) is 21.0. The van der Waals surface area contributed by atoms with Gasteiger partial charge in [-0.3, -0.25) is 0 Å². The molecule has 7 rings (SSSR count). The van der Waals surface area contributed by atoms with Gasteiger partial charge in [0.15, 0.2) is 0 Å². The molecule has 6 aromatic rings. The van der Waals surface area contributed by atoms with Crippen molar-refractivity contribution in [2.45, 2.75) is 38.9 Å². The first-order valence-corrected chi connectivity index (χ1v) is 12.9. The summed E-state index contributed by atoms with van der Waals surface area (Å²) >= 11 is 1.83. The summed E-state index contributed by atoms with van der Waals surface area (Å²) in [6, 6.07) is 27.8. The third kappa shape index (κ3) is 3.05. The molecule has 1 aliphatic heterocycles. The Morgan fingerprint density at radius 1 is 0.657 bits per heavy atom. The lowest BCUT2D eigenvalue weighted by molar-refractivity contribution is 0.00578. The van der Waals surface area contributed by atoms with Gasteiger partial charge in [-0.05, 0) is 50.7 Å². The molecule has 0 saturated carbocycles. The molecule has 0 N–H and O–H groups in total. The molecule has 0 radical (unpaired) electrons. The van der Waals surface area contributed by atoms with Crippen molar-refractivity contribution in [3.8, 4) is 11.1 Å². The average molecular weight is 476 g/mol.